The molecule has 134 valence electrons. The van der Waals surface area contributed by atoms with Crippen LogP contribution in [0.15, 0.2) is 24.3 Å². The van der Waals surface area contributed by atoms with Gasteiger partial charge in [-0.25, -0.2) is 0 Å². The van der Waals surface area contributed by atoms with E-state index in [1.54, 1.807) is 0 Å². The lowest BCUT2D eigenvalue weighted by Crippen LogP contribution is -2.51. The highest BCUT2D eigenvalue weighted by Crippen LogP contribution is 2.10. The first-order valence-corrected chi connectivity index (χ1v) is 8.84. The van der Waals surface area contributed by atoms with Crippen LogP contribution in [-0.4, -0.2) is 60.7 Å². The van der Waals surface area contributed by atoms with E-state index in [9.17, 15) is 4.79 Å². The van der Waals surface area contributed by atoms with Crippen molar-refractivity contribution < 1.29 is 9.53 Å². The first-order chi connectivity index (χ1) is 12.1. The topological polar surface area (TPSA) is 68.6 Å². The molecule has 0 saturated carbocycles. The van der Waals surface area contributed by atoms with Crippen LogP contribution in [0.4, 0.5) is 0 Å². The third-order valence-corrected chi connectivity index (χ3v) is 4.61. The number of ether oxygens (including phenoxy) is 1. The Morgan fingerprint density at radius 1 is 1.28 bits per heavy atom. The smallest absolute Gasteiger partial charge is 0.305 e. The molecule has 1 aliphatic heterocycles. The zero-order valence-electron chi connectivity index (χ0n) is 14.5. The van der Waals surface area contributed by atoms with Crippen molar-refractivity contribution in [1.82, 2.24) is 15.1 Å². The number of rotatable bonds is 6. The Kier molecular flexibility index (Phi) is 7.64. The number of piperazine rings is 1. The number of nitrogens with zero attached hydrogens (tertiary/aromatic N) is 3. The number of carbonyl (C=O) groups excluding carboxylic acids is 1. The summed E-state index contributed by atoms with van der Waals surface area (Å²) in [7, 11) is 1.40. The lowest BCUT2D eigenvalue weighted by molar-refractivity contribution is -0.140. The Labute approximate surface area is 154 Å². The molecule has 0 unspecified atom stereocenters. The molecule has 1 saturated heterocycles. The summed E-state index contributed by atoms with van der Waals surface area (Å²) in [5.74, 6) is -0.191. The van der Waals surface area contributed by atoms with Crippen LogP contribution < -0.4 is 5.32 Å². The predicted molar refractivity (Wildman–Crippen MR) is 99.9 cm³/mol. The minimum atomic E-state index is -0.191. The van der Waals surface area contributed by atoms with Crippen LogP contribution in [0, 0.1) is 11.3 Å². The number of thiocarbonyl (C=S) groups is 1. The van der Waals surface area contributed by atoms with Gasteiger partial charge in [0.1, 0.15) is 0 Å². The highest BCUT2D eigenvalue weighted by atomic mass is 32.1. The van der Waals surface area contributed by atoms with Crippen molar-refractivity contribution in [2.45, 2.75) is 19.4 Å². The summed E-state index contributed by atoms with van der Waals surface area (Å²) in [6, 6.07) is 9.88. The molecule has 1 N–H and O–H groups in total. The fourth-order valence-corrected chi connectivity index (χ4v) is 2.98. The first kappa shape index (κ1) is 19.2. The van der Waals surface area contributed by atoms with Crippen molar-refractivity contribution >= 4 is 23.3 Å². The lowest BCUT2D eigenvalue weighted by atomic mass is 10.1. The van der Waals surface area contributed by atoms with E-state index in [1.807, 2.05) is 24.3 Å². The van der Waals surface area contributed by atoms with Crippen LogP contribution in [0.5, 0.6) is 0 Å². The quantitative estimate of drug-likeness (QED) is 0.468. The molecule has 0 radical (unpaired) electrons. The van der Waals surface area contributed by atoms with E-state index >= 15 is 0 Å². The van der Waals surface area contributed by atoms with Crippen LogP contribution in [0.25, 0.3) is 0 Å². The Bertz CT molecular complexity index is 619. The maximum absolute atomic E-state index is 11.1. The van der Waals surface area contributed by atoms with Crippen LogP contribution in [0.2, 0.25) is 0 Å². The molecule has 1 heterocycles. The Hall–Kier alpha value is -2.17. The minimum absolute atomic E-state index is 0.191. The molecule has 1 fully saturated rings. The molecular weight excluding hydrogens is 336 g/mol. The molecule has 0 aromatic heterocycles. The minimum Gasteiger partial charge on any atom is -0.469 e. The van der Waals surface area contributed by atoms with Crippen molar-refractivity contribution in [3.8, 4) is 6.07 Å². The summed E-state index contributed by atoms with van der Waals surface area (Å²) in [5.41, 5.74) is 1.91. The average molecular weight is 360 g/mol. The van der Waals surface area contributed by atoms with E-state index in [-0.39, 0.29) is 5.97 Å². The highest BCUT2D eigenvalue weighted by molar-refractivity contribution is 7.80. The zero-order valence-corrected chi connectivity index (χ0v) is 15.3. The largest absolute Gasteiger partial charge is 0.469 e. The Morgan fingerprint density at radius 2 is 1.96 bits per heavy atom. The highest BCUT2D eigenvalue weighted by Gasteiger charge is 2.18. The summed E-state index contributed by atoms with van der Waals surface area (Å²) in [5, 5.41) is 12.8. The monoisotopic (exact) mass is 360 g/mol. The van der Waals surface area contributed by atoms with Crippen LogP contribution in [0.1, 0.15) is 24.0 Å². The molecule has 0 aliphatic carbocycles. The SMILES string of the molecule is COC(=O)CCCNC(=S)N1CCN(Cc2ccc(C#N)cc2)CC1. The van der Waals surface area contributed by atoms with Crippen LogP contribution >= 0.6 is 12.2 Å². The number of hydrogen-bond acceptors (Lipinski definition) is 5. The van der Waals surface area contributed by atoms with E-state index in [0.717, 1.165) is 37.8 Å². The number of methoxy groups -OCH3 is 1. The van der Waals surface area contributed by atoms with Gasteiger partial charge in [0.05, 0.1) is 18.7 Å². The molecule has 0 atom stereocenters. The maximum Gasteiger partial charge on any atom is 0.305 e. The fraction of sp³-hybridized carbons (Fsp3) is 0.500. The normalized spacial score (nSPS) is 14.6. The van der Waals surface area contributed by atoms with Gasteiger partial charge in [-0.1, -0.05) is 12.1 Å². The van der Waals surface area contributed by atoms with Crippen molar-refractivity contribution in [3.05, 3.63) is 35.4 Å². The average Bonchev–Trinajstić information content (AvgIpc) is 2.66. The van der Waals surface area contributed by atoms with Gasteiger partial charge in [-0.2, -0.15) is 5.26 Å². The van der Waals surface area contributed by atoms with Gasteiger partial charge in [-0.3, -0.25) is 9.69 Å². The molecule has 2 rings (SSSR count). The van der Waals surface area contributed by atoms with Gasteiger partial charge in [-0.05, 0) is 36.3 Å². The van der Waals surface area contributed by atoms with Crippen molar-refractivity contribution in [2.75, 3.05) is 39.8 Å². The number of nitriles is 1. The van der Waals surface area contributed by atoms with Gasteiger partial charge in [0.2, 0.25) is 0 Å². The third-order valence-electron chi connectivity index (χ3n) is 4.21. The molecule has 1 aromatic rings. The molecule has 1 aliphatic rings. The first-order valence-electron chi connectivity index (χ1n) is 8.43. The van der Waals surface area contributed by atoms with Crippen molar-refractivity contribution in [2.24, 2.45) is 0 Å². The molecule has 1 aromatic carbocycles. The zero-order chi connectivity index (χ0) is 18.1. The third kappa shape index (κ3) is 6.33. The molecule has 0 spiro atoms. The van der Waals surface area contributed by atoms with Gasteiger partial charge < -0.3 is 15.0 Å². The molecule has 25 heavy (non-hydrogen) atoms. The van der Waals surface area contributed by atoms with E-state index in [1.165, 1.54) is 12.7 Å². The standard InChI is InChI=1S/C18H24N4O2S/c1-24-17(23)3-2-8-20-18(25)22-11-9-21(10-12-22)14-16-6-4-15(13-19)5-7-16/h4-7H,2-3,8-12,14H2,1H3,(H,20,25). The number of esters is 1. The van der Waals surface area contributed by atoms with E-state index in [0.29, 0.717) is 24.9 Å². The van der Waals surface area contributed by atoms with E-state index < -0.39 is 0 Å². The molecule has 0 bridgehead atoms. The van der Waals surface area contributed by atoms with E-state index in [2.05, 4.69) is 25.9 Å². The summed E-state index contributed by atoms with van der Waals surface area (Å²) in [4.78, 5) is 15.6. The van der Waals surface area contributed by atoms with Crippen molar-refractivity contribution in [3.63, 3.8) is 0 Å². The predicted octanol–water partition coefficient (Wildman–Crippen LogP) is 1.50. The maximum atomic E-state index is 11.1. The van der Waals surface area contributed by atoms with Gasteiger partial charge in [-0.15, -0.1) is 0 Å². The molecule has 0 amide bonds. The number of hydrogen-bond donors (Lipinski definition) is 1. The Morgan fingerprint density at radius 3 is 2.56 bits per heavy atom. The van der Waals surface area contributed by atoms with Gasteiger partial charge in [0, 0.05) is 45.7 Å². The van der Waals surface area contributed by atoms with Gasteiger partial charge in [0.15, 0.2) is 5.11 Å². The second-order valence-corrected chi connectivity index (χ2v) is 6.37. The lowest BCUT2D eigenvalue weighted by Gasteiger charge is -2.36. The summed E-state index contributed by atoms with van der Waals surface area (Å²) >= 11 is 5.43. The van der Waals surface area contributed by atoms with Crippen LogP contribution in [-0.2, 0) is 16.1 Å². The fourth-order valence-electron chi connectivity index (χ4n) is 2.69. The number of nitrogens with one attached hydrogen (secondary N) is 1. The summed E-state index contributed by atoms with van der Waals surface area (Å²) < 4.78 is 4.62. The van der Waals surface area contributed by atoms with Gasteiger partial charge >= 0.3 is 5.97 Å². The van der Waals surface area contributed by atoms with E-state index in [4.69, 9.17) is 17.5 Å². The Balaban J connectivity index is 1.67. The number of benzene rings is 1. The second kappa shape index (κ2) is 9.97. The molecular formula is C18H24N4O2S. The summed E-state index contributed by atoms with van der Waals surface area (Å²) in [6.45, 7) is 5.24. The van der Waals surface area contributed by atoms with Crippen LogP contribution in [0.3, 0.4) is 0 Å². The van der Waals surface area contributed by atoms with Gasteiger partial charge in [0.25, 0.3) is 0 Å². The number of carbonyl (C=O) groups is 1. The molecule has 6 nitrogen and oxygen atoms in total. The molecule has 7 heteroatoms. The second-order valence-electron chi connectivity index (χ2n) is 5.98. The summed E-state index contributed by atoms with van der Waals surface area (Å²) in [6.07, 6.45) is 1.12. The van der Waals surface area contributed by atoms with Crippen molar-refractivity contribution in [1.29, 1.82) is 5.26 Å².